The van der Waals surface area contributed by atoms with E-state index in [-0.39, 0.29) is 6.10 Å². The average molecular weight is 205 g/mol. The van der Waals surface area contributed by atoms with Gasteiger partial charge in [-0.15, -0.1) is 0 Å². The van der Waals surface area contributed by atoms with Crippen LogP contribution in [0.3, 0.4) is 0 Å². The van der Waals surface area contributed by atoms with Gasteiger partial charge in [-0.25, -0.2) is 0 Å². The summed E-state index contributed by atoms with van der Waals surface area (Å²) < 4.78 is 16.2. The molecule has 1 heterocycles. The molecule has 1 N–H and O–H groups in total. The molecule has 78 valence electrons. The van der Waals surface area contributed by atoms with Gasteiger partial charge in [-0.05, 0) is 19.8 Å². The van der Waals surface area contributed by atoms with Gasteiger partial charge >= 0.3 is 0 Å². The quantitative estimate of drug-likeness (QED) is 0.727. The van der Waals surface area contributed by atoms with Crippen molar-refractivity contribution in [1.29, 1.82) is 0 Å². The third-order valence-electron chi connectivity index (χ3n) is 2.48. The van der Waals surface area contributed by atoms with Gasteiger partial charge in [-0.3, -0.25) is 4.21 Å². The summed E-state index contributed by atoms with van der Waals surface area (Å²) in [5.41, 5.74) is 0. The van der Waals surface area contributed by atoms with E-state index in [0.717, 1.165) is 30.9 Å². The minimum absolute atomic E-state index is 0.271. The van der Waals surface area contributed by atoms with Crippen LogP contribution >= 0.6 is 0 Å². The summed E-state index contributed by atoms with van der Waals surface area (Å²) in [5.74, 6) is 1.72. The first-order chi connectivity index (χ1) is 6.22. The zero-order valence-electron chi connectivity index (χ0n) is 8.41. The van der Waals surface area contributed by atoms with Crippen LogP contribution in [-0.4, -0.2) is 41.5 Å². The molecule has 1 rings (SSSR count). The highest BCUT2D eigenvalue weighted by atomic mass is 32.2. The number of hydrogen-bond acceptors (Lipinski definition) is 3. The second-order valence-corrected chi connectivity index (χ2v) is 5.27. The maximum Gasteiger partial charge on any atom is 0.0667 e. The van der Waals surface area contributed by atoms with E-state index in [1.807, 2.05) is 6.92 Å². The van der Waals surface area contributed by atoms with Gasteiger partial charge in [-0.1, -0.05) is 0 Å². The van der Waals surface area contributed by atoms with Crippen LogP contribution in [-0.2, 0) is 15.5 Å². The molecule has 0 aromatic rings. The molecule has 0 amide bonds. The summed E-state index contributed by atoms with van der Waals surface area (Å²) in [6.45, 7) is 2.95. The zero-order chi connectivity index (χ0) is 9.68. The number of ether oxygens (including phenoxy) is 1. The fraction of sp³-hybridized carbons (Fsp3) is 1.00. The summed E-state index contributed by atoms with van der Waals surface area (Å²) in [7, 11) is 1.18. The van der Waals surface area contributed by atoms with Crippen molar-refractivity contribution in [2.75, 3.05) is 25.2 Å². The Morgan fingerprint density at radius 2 is 2.15 bits per heavy atom. The van der Waals surface area contributed by atoms with Crippen molar-refractivity contribution in [3.8, 4) is 0 Å². The zero-order valence-corrected chi connectivity index (χ0v) is 9.23. The Balaban J connectivity index is 2.12. The molecule has 0 aliphatic carbocycles. The van der Waals surface area contributed by atoms with Crippen LogP contribution in [0, 0.1) is 0 Å². The standard InChI is InChI=1S/C9H19NO2S/c1-8(12-2)7-10-9-3-5-13(11)6-4-9/h8-10H,3-7H2,1-2H3. The molecule has 0 bridgehead atoms. The summed E-state index contributed by atoms with van der Waals surface area (Å²) in [6, 6.07) is 0.551. The van der Waals surface area contributed by atoms with Crippen LogP contribution in [0.25, 0.3) is 0 Å². The van der Waals surface area contributed by atoms with Crippen molar-refractivity contribution in [3.05, 3.63) is 0 Å². The van der Waals surface area contributed by atoms with E-state index in [4.69, 9.17) is 4.74 Å². The van der Waals surface area contributed by atoms with Gasteiger partial charge in [0.1, 0.15) is 0 Å². The molecule has 0 aromatic carbocycles. The van der Waals surface area contributed by atoms with Crippen molar-refractivity contribution in [3.63, 3.8) is 0 Å². The first-order valence-corrected chi connectivity index (χ1v) is 6.32. The van der Waals surface area contributed by atoms with Gasteiger partial charge in [0, 0.05) is 42.0 Å². The first-order valence-electron chi connectivity index (χ1n) is 4.83. The van der Waals surface area contributed by atoms with Crippen LogP contribution in [0.5, 0.6) is 0 Å². The van der Waals surface area contributed by atoms with E-state index in [0.29, 0.717) is 6.04 Å². The Morgan fingerprint density at radius 1 is 1.54 bits per heavy atom. The Hall–Kier alpha value is 0.0700. The molecule has 1 aliphatic heterocycles. The van der Waals surface area contributed by atoms with E-state index >= 15 is 0 Å². The lowest BCUT2D eigenvalue weighted by molar-refractivity contribution is 0.114. The molecule has 0 spiro atoms. The lowest BCUT2D eigenvalue weighted by Gasteiger charge is -2.23. The highest BCUT2D eigenvalue weighted by Gasteiger charge is 2.17. The summed E-state index contributed by atoms with van der Waals surface area (Å²) in [6.07, 6.45) is 2.36. The van der Waals surface area contributed by atoms with Crippen LogP contribution in [0.1, 0.15) is 19.8 Å². The molecule has 1 atom stereocenters. The largest absolute Gasteiger partial charge is 0.380 e. The molecule has 0 saturated carbocycles. The molecule has 13 heavy (non-hydrogen) atoms. The first kappa shape index (κ1) is 11.1. The average Bonchev–Trinajstić information content (AvgIpc) is 2.16. The van der Waals surface area contributed by atoms with Gasteiger partial charge in [0.05, 0.1) is 6.10 Å². The van der Waals surface area contributed by atoms with Crippen LogP contribution in [0.2, 0.25) is 0 Å². The van der Waals surface area contributed by atoms with E-state index < -0.39 is 10.8 Å². The van der Waals surface area contributed by atoms with E-state index in [2.05, 4.69) is 5.32 Å². The number of rotatable bonds is 4. The molecule has 1 aliphatic rings. The van der Waals surface area contributed by atoms with Gasteiger partial charge in [0.25, 0.3) is 0 Å². The highest BCUT2D eigenvalue weighted by molar-refractivity contribution is 7.85. The Kier molecular flexibility index (Phi) is 4.91. The predicted octanol–water partition coefficient (Wildman–Crippen LogP) is 0.522. The summed E-state index contributed by atoms with van der Waals surface area (Å²) in [4.78, 5) is 0. The van der Waals surface area contributed by atoms with Crippen LogP contribution < -0.4 is 5.32 Å². The second kappa shape index (κ2) is 5.73. The normalized spacial score (nSPS) is 31.5. The maximum absolute atomic E-state index is 11.1. The molecular weight excluding hydrogens is 186 g/mol. The highest BCUT2D eigenvalue weighted by Crippen LogP contribution is 2.08. The minimum atomic E-state index is -0.548. The maximum atomic E-state index is 11.1. The number of methoxy groups -OCH3 is 1. The third kappa shape index (κ3) is 4.20. The molecule has 1 fully saturated rings. The molecule has 1 saturated heterocycles. The van der Waals surface area contributed by atoms with Gasteiger partial charge in [-0.2, -0.15) is 0 Å². The van der Waals surface area contributed by atoms with Gasteiger partial charge in [0.2, 0.25) is 0 Å². The van der Waals surface area contributed by atoms with E-state index in [1.54, 1.807) is 7.11 Å². The molecule has 1 unspecified atom stereocenters. The fourth-order valence-corrected chi connectivity index (χ4v) is 2.71. The van der Waals surface area contributed by atoms with Gasteiger partial charge < -0.3 is 10.1 Å². The number of hydrogen-bond donors (Lipinski definition) is 1. The summed E-state index contributed by atoms with van der Waals surface area (Å²) in [5, 5.41) is 3.43. The Bertz CT molecular complexity index is 165. The van der Waals surface area contributed by atoms with E-state index in [1.165, 1.54) is 0 Å². The summed E-state index contributed by atoms with van der Waals surface area (Å²) >= 11 is 0. The van der Waals surface area contributed by atoms with Crippen LogP contribution in [0.15, 0.2) is 0 Å². The molecule has 3 nitrogen and oxygen atoms in total. The lowest BCUT2D eigenvalue weighted by atomic mass is 10.1. The van der Waals surface area contributed by atoms with Gasteiger partial charge in [0.15, 0.2) is 0 Å². The van der Waals surface area contributed by atoms with Crippen molar-refractivity contribution in [1.82, 2.24) is 5.32 Å². The Labute approximate surface area is 82.7 Å². The lowest BCUT2D eigenvalue weighted by Crippen LogP contribution is -2.39. The second-order valence-electron chi connectivity index (χ2n) is 3.58. The molecular formula is C9H19NO2S. The molecule has 0 radical (unpaired) electrons. The fourth-order valence-electron chi connectivity index (χ4n) is 1.41. The van der Waals surface area contributed by atoms with Crippen molar-refractivity contribution < 1.29 is 8.95 Å². The molecule has 0 aromatic heterocycles. The van der Waals surface area contributed by atoms with Crippen molar-refractivity contribution in [2.45, 2.75) is 31.9 Å². The SMILES string of the molecule is COC(C)CNC1CCS(=O)CC1. The van der Waals surface area contributed by atoms with Crippen molar-refractivity contribution >= 4 is 10.8 Å². The monoisotopic (exact) mass is 205 g/mol. The van der Waals surface area contributed by atoms with Crippen molar-refractivity contribution in [2.24, 2.45) is 0 Å². The Morgan fingerprint density at radius 3 is 2.69 bits per heavy atom. The number of nitrogens with one attached hydrogen (secondary N) is 1. The predicted molar refractivity (Wildman–Crippen MR) is 55.4 cm³/mol. The van der Waals surface area contributed by atoms with Crippen LogP contribution in [0.4, 0.5) is 0 Å². The third-order valence-corrected chi connectivity index (χ3v) is 3.87. The smallest absolute Gasteiger partial charge is 0.0667 e. The topological polar surface area (TPSA) is 38.3 Å². The molecule has 4 heteroatoms. The van der Waals surface area contributed by atoms with E-state index in [9.17, 15) is 4.21 Å². The minimum Gasteiger partial charge on any atom is -0.380 e.